The lowest BCUT2D eigenvalue weighted by molar-refractivity contribution is -0.130. The number of Topliss-reactive ketones (excluding diaryl/α,β-unsaturated/α-hetero) is 1. The van der Waals surface area contributed by atoms with Crippen molar-refractivity contribution in [3.8, 4) is 5.75 Å². The zero-order valence-electron chi connectivity index (χ0n) is 16.0. The topological polar surface area (TPSA) is 76.1 Å². The number of hydrogen-bond acceptors (Lipinski definition) is 6. The Morgan fingerprint density at radius 2 is 1.96 bits per heavy atom. The van der Waals surface area contributed by atoms with Crippen molar-refractivity contribution < 1.29 is 24.2 Å². The van der Waals surface area contributed by atoms with Gasteiger partial charge in [-0.25, -0.2) is 0 Å². The Kier molecular flexibility index (Phi) is 6.16. The molecule has 2 heterocycles. The van der Waals surface area contributed by atoms with Crippen LogP contribution >= 0.6 is 11.3 Å². The van der Waals surface area contributed by atoms with Gasteiger partial charge >= 0.3 is 0 Å². The van der Waals surface area contributed by atoms with Gasteiger partial charge in [0, 0.05) is 6.54 Å². The van der Waals surface area contributed by atoms with E-state index in [-0.39, 0.29) is 24.0 Å². The van der Waals surface area contributed by atoms with Crippen LogP contribution in [0.25, 0.3) is 0 Å². The number of rotatable bonds is 8. The van der Waals surface area contributed by atoms with E-state index >= 15 is 0 Å². The maximum Gasteiger partial charge on any atom is 0.290 e. The molecule has 1 N–H and O–H groups in total. The van der Waals surface area contributed by atoms with Gasteiger partial charge in [-0.15, -0.1) is 11.3 Å². The predicted octanol–water partition coefficient (Wildman–Crippen LogP) is 3.76. The molecule has 6 nitrogen and oxygen atoms in total. The molecule has 1 aromatic carbocycles. The lowest BCUT2D eigenvalue weighted by Crippen LogP contribution is -2.34. The summed E-state index contributed by atoms with van der Waals surface area (Å²) in [6.45, 7) is 4.39. The Bertz CT molecular complexity index is 871. The largest absolute Gasteiger partial charge is 0.503 e. The highest BCUT2D eigenvalue weighted by molar-refractivity contribution is 7.12. The first-order chi connectivity index (χ1) is 13.4. The third kappa shape index (κ3) is 3.95. The fourth-order valence-electron chi connectivity index (χ4n) is 3.18. The summed E-state index contributed by atoms with van der Waals surface area (Å²) in [7, 11) is 1.57. The van der Waals surface area contributed by atoms with Crippen molar-refractivity contribution >= 4 is 23.0 Å². The van der Waals surface area contributed by atoms with E-state index in [1.54, 1.807) is 48.9 Å². The second-order valence-corrected chi connectivity index (χ2v) is 7.61. The summed E-state index contributed by atoms with van der Waals surface area (Å²) in [4.78, 5) is 27.8. The van der Waals surface area contributed by atoms with E-state index in [4.69, 9.17) is 9.47 Å². The van der Waals surface area contributed by atoms with Crippen LogP contribution in [-0.4, -0.2) is 48.1 Å². The van der Waals surface area contributed by atoms with E-state index in [1.165, 1.54) is 16.2 Å². The summed E-state index contributed by atoms with van der Waals surface area (Å²) >= 11 is 1.28. The summed E-state index contributed by atoms with van der Waals surface area (Å²) in [6, 6.07) is 9.91. The van der Waals surface area contributed by atoms with Crippen molar-refractivity contribution in [2.24, 2.45) is 0 Å². The standard InChI is InChI=1S/C21H23NO5S/c1-13(2)27-11-10-22-18(14-6-8-15(26-3)9-7-14)17(20(24)21(22)25)19(23)16-5-4-12-28-16/h4-9,12-13,18,24H,10-11H2,1-3H3. The van der Waals surface area contributed by atoms with Crippen molar-refractivity contribution in [1.29, 1.82) is 0 Å². The molecule has 28 heavy (non-hydrogen) atoms. The van der Waals surface area contributed by atoms with Crippen LogP contribution in [0.2, 0.25) is 0 Å². The molecule has 1 unspecified atom stereocenters. The molecular formula is C21H23NO5S. The molecule has 7 heteroatoms. The monoisotopic (exact) mass is 401 g/mol. The van der Waals surface area contributed by atoms with Crippen LogP contribution in [0, 0.1) is 0 Å². The molecule has 1 aromatic heterocycles. The quantitative estimate of drug-likeness (QED) is 0.682. The van der Waals surface area contributed by atoms with Crippen molar-refractivity contribution in [1.82, 2.24) is 4.90 Å². The van der Waals surface area contributed by atoms with E-state index in [0.717, 1.165) is 5.56 Å². The molecule has 1 aliphatic heterocycles. The molecule has 1 atom stereocenters. The maximum absolute atomic E-state index is 13.1. The minimum Gasteiger partial charge on any atom is -0.503 e. The van der Waals surface area contributed by atoms with Gasteiger partial charge in [-0.1, -0.05) is 18.2 Å². The number of ether oxygens (including phenoxy) is 2. The van der Waals surface area contributed by atoms with Crippen LogP contribution in [-0.2, 0) is 9.53 Å². The summed E-state index contributed by atoms with van der Waals surface area (Å²) < 4.78 is 10.8. The Morgan fingerprint density at radius 1 is 1.25 bits per heavy atom. The molecule has 0 radical (unpaired) electrons. The Labute approximate surface area is 168 Å². The zero-order chi connectivity index (χ0) is 20.3. The second-order valence-electron chi connectivity index (χ2n) is 6.66. The van der Waals surface area contributed by atoms with Gasteiger partial charge < -0.3 is 19.5 Å². The van der Waals surface area contributed by atoms with Crippen LogP contribution in [0.1, 0.15) is 35.1 Å². The van der Waals surface area contributed by atoms with Crippen LogP contribution < -0.4 is 4.74 Å². The number of thiophene rings is 1. The summed E-state index contributed by atoms with van der Waals surface area (Å²) in [5, 5.41) is 12.3. The molecule has 1 aliphatic rings. The minimum absolute atomic E-state index is 0.0194. The number of nitrogens with zero attached hydrogens (tertiary/aromatic N) is 1. The van der Waals surface area contributed by atoms with Crippen molar-refractivity contribution in [2.75, 3.05) is 20.3 Å². The van der Waals surface area contributed by atoms with E-state index < -0.39 is 17.7 Å². The molecule has 2 aromatic rings. The third-order valence-corrected chi connectivity index (χ3v) is 5.38. The number of aliphatic hydroxyl groups is 1. The minimum atomic E-state index is -0.677. The number of hydrogen-bond donors (Lipinski definition) is 1. The first-order valence-electron chi connectivity index (χ1n) is 9.02. The van der Waals surface area contributed by atoms with Crippen LogP contribution in [0.3, 0.4) is 0 Å². The van der Waals surface area contributed by atoms with Gasteiger partial charge in [-0.2, -0.15) is 0 Å². The Balaban J connectivity index is 1.99. The highest BCUT2D eigenvalue weighted by atomic mass is 32.1. The molecule has 148 valence electrons. The fraction of sp³-hybridized carbons (Fsp3) is 0.333. The molecule has 0 fully saturated rings. The number of ketones is 1. The summed E-state index contributed by atoms with van der Waals surface area (Å²) in [6.07, 6.45) is 0.0194. The van der Waals surface area contributed by atoms with Crippen molar-refractivity contribution in [3.05, 3.63) is 63.6 Å². The van der Waals surface area contributed by atoms with Crippen LogP contribution in [0.15, 0.2) is 53.1 Å². The van der Waals surface area contributed by atoms with Gasteiger partial charge in [-0.3, -0.25) is 9.59 Å². The average Bonchev–Trinajstić information content (AvgIpc) is 3.30. The number of carbonyl (C=O) groups is 2. The summed E-state index contributed by atoms with van der Waals surface area (Å²) in [5.41, 5.74) is 0.824. The lowest BCUT2D eigenvalue weighted by atomic mass is 9.95. The zero-order valence-corrected chi connectivity index (χ0v) is 16.9. The molecule has 1 amide bonds. The Hall–Kier alpha value is -2.64. The number of aliphatic hydroxyl groups excluding tert-OH is 1. The normalized spacial score (nSPS) is 16.9. The van der Waals surface area contributed by atoms with Gasteiger partial charge in [-0.05, 0) is 43.0 Å². The van der Waals surface area contributed by atoms with Gasteiger partial charge in [0.25, 0.3) is 5.91 Å². The predicted molar refractivity (Wildman–Crippen MR) is 107 cm³/mol. The molecular weight excluding hydrogens is 378 g/mol. The molecule has 0 saturated heterocycles. The lowest BCUT2D eigenvalue weighted by Gasteiger charge is -2.27. The van der Waals surface area contributed by atoms with Gasteiger partial charge in [0.2, 0.25) is 5.78 Å². The van der Waals surface area contributed by atoms with Gasteiger partial charge in [0.05, 0.1) is 36.3 Å². The van der Waals surface area contributed by atoms with Crippen LogP contribution in [0.4, 0.5) is 0 Å². The van der Waals surface area contributed by atoms with E-state index in [0.29, 0.717) is 17.2 Å². The first kappa shape index (κ1) is 20.1. The number of methoxy groups -OCH3 is 1. The Morgan fingerprint density at radius 3 is 2.54 bits per heavy atom. The van der Waals surface area contributed by atoms with Crippen molar-refractivity contribution in [3.63, 3.8) is 0 Å². The number of benzene rings is 1. The van der Waals surface area contributed by atoms with Crippen molar-refractivity contribution in [2.45, 2.75) is 26.0 Å². The SMILES string of the molecule is COc1ccc(C2C(C(=O)c3cccs3)=C(O)C(=O)N2CCOC(C)C)cc1. The maximum atomic E-state index is 13.1. The molecule has 0 aliphatic carbocycles. The summed E-state index contributed by atoms with van der Waals surface area (Å²) in [5.74, 6) is -0.729. The smallest absolute Gasteiger partial charge is 0.290 e. The third-order valence-electron chi connectivity index (χ3n) is 4.51. The van der Waals surface area contributed by atoms with E-state index in [1.807, 2.05) is 13.8 Å². The highest BCUT2D eigenvalue weighted by Crippen LogP contribution is 2.39. The number of carbonyl (C=O) groups excluding carboxylic acids is 2. The molecule has 3 rings (SSSR count). The first-order valence-corrected chi connectivity index (χ1v) is 9.89. The van der Waals surface area contributed by atoms with E-state index in [2.05, 4.69) is 0 Å². The molecule has 0 bridgehead atoms. The van der Waals surface area contributed by atoms with Gasteiger partial charge in [0.15, 0.2) is 5.76 Å². The molecule has 0 saturated carbocycles. The average molecular weight is 401 g/mol. The fourth-order valence-corrected chi connectivity index (χ4v) is 3.85. The van der Waals surface area contributed by atoms with Crippen LogP contribution in [0.5, 0.6) is 5.75 Å². The second kappa shape index (κ2) is 8.58. The molecule has 0 spiro atoms. The van der Waals surface area contributed by atoms with E-state index in [9.17, 15) is 14.7 Å². The number of amides is 1. The highest BCUT2D eigenvalue weighted by Gasteiger charge is 2.43. The van der Waals surface area contributed by atoms with Gasteiger partial charge in [0.1, 0.15) is 5.75 Å².